The van der Waals surface area contributed by atoms with Gasteiger partial charge in [-0.2, -0.15) is 0 Å². The van der Waals surface area contributed by atoms with Gasteiger partial charge in [-0.15, -0.1) is 0 Å². The van der Waals surface area contributed by atoms with Gasteiger partial charge < -0.3 is 0 Å². The third-order valence-electron chi connectivity index (χ3n) is 8.80. The molecule has 224 valence electrons. The van der Waals surface area contributed by atoms with E-state index in [0.29, 0.717) is 17.2 Å². The average Bonchev–Trinajstić information content (AvgIpc) is 3.20. The van der Waals surface area contributed by atoms with Crippen molar-refractivity contribution in [1.29, 1.82) is 0 Å². The van der Waals surface area contributed by atoms with Crippen molar-refractivity contribution in [3.8, 4) is 56.4 Å². The van der Waals surface area contributed by atoms with E-state index in [9.17, 15) is 1.37 Å². The summed E-state index contributed by atoms with van der Waals surface area (Å²) in [6.07, 6.45) is 0. The summed E-state index contributed by atoms with van der Waals surface area (Å²) in [7, 11) is 0. The molecule has 0 radical (unpaired) electrons. The largest absolute Gasteiger partial charge is 0.208 e. The summed E-state index contributed by atoms with van der Waals surface area (Å²) in [5.41, 5.74) is 4.60. The second kappa shape index (κ2) is 11.7. The fourth-order valence-electron chi connectivity index (χ4n) is 6.54. The topological polar surface area (TPSA) is 38.7 Å². The van der Waals surface area contributed by atoms with Crippen LogP contribution in [0.25, 0.3) is 88.7 Å². The van der Waals surface area contributed by atoms with Crippen LogP contribution in [0, 0.1) is 0 Å². The molecule has 0 atom stereocenters. The Balaban J connectivity index is 1.32. The van der Waals surface area contributed by atoms with E-state index < -0.39 is 0 Å². The molecular formula is C45H29N3. The van der Waals surface area contributed by atoms with Gasteiger partial charge >= 0.3 is 0 Å². The Morgan fingerprint density at radius 3 is 1.52 bits per heavy atom. The SMILES string of the molecule is [2H]c1c([2H])c(-c2nc(-c3ccccc3)nc(-c3cc4ccccc4c4ccccc34)n2)c([2H])c(-c2ccc(-c3ccccc3)c3ccccc23)c1[2H]. The fourth-order valence-corrected chi connectivity index (χ4v) is 6.54. The predicted octanol–water partition coefficient (Wildman–Crippen LogP) is 11.7. The van der Waals surface area contributed by atoms with E-state index in [0.717, 1.165) is 54.6 Å². The molecule has 0 aliphatic carbocycles. The van der Waals surface area contributed by atoms with Crippen LogP contribution >= 0.6 is 0 Å². The molecule has 0 unspecified atom stereocenters. The van der Waals surface area contributed by atoms with Crippen LogP contribution in [0.2, 0.25) is 0 Å². The van der Waals surface area contributed by atoms with Gasteiger partial charge in [0.25, 0.3) is 0 Å². The molecule has 0 N–H and O–H groups in total. The van der Waals surface area contributed by atoms with Gasteiger partial charge in [-0.1, -0.05) is 164 Å². The summed E-state index contributed by atoms with van der Waals surface area (Å²) >= 11 is 0. The summed E-state index contributed by atoms with van der Waals surface area (Å²) in [6.45, 7) is 0. The average molecular weight is 616 g/mol. The molecular weight excluding hydrogens is 583 g/mol. The van der Waals surface area contributed by atoms with Crippen molar-refractivity contribution >= 4 is 32.3 Å². The van der Waals surface area contributed by atoms with E-state index >= 15 is 0 Å². The number of rotatable bonds is 5. The maximum absolute atomic E-state index is 9.66. The Morgan fingerprint density at radius 2 is 0.833 bits per heavy atom. The van der Waals surface area contributed by atoms with Crippen molar-refractivity contribution in [3.63, 3.8) is 0 Å². The van der Waals surface area contributed by atoms with Crippen LogP contribution in [0.1, 0.15) is 5.48 Å². The number of hydrogen-bond donors (Lipinski definition) is 0. The monoisotopic (exact) mass is 615 g/mol. The Bertz CT molecular complexity index is 2840. The minimum atomic E-state index is -0.295. The second-order valence-electron chi connectivity index (χ2n) is 11.7. The molecule has 0 saturated carbocycles. The van der Waals surface area contributed by atoms with Gasteiger partial charge in [0.2, 0.25) is 0 Å². The third-order valence-corrected chi connectivity index (χ3v) is 8.80. The molecule has 0 bridgehead atoms. The summed E-state index contributed by atoms with van der Waals surface area (Å²) in [5.74, 6) is 0.888. The van der Waals surface area contributed by atoms with Crippen molar-refractivity contribution in [2.75, 3.05) is 0 Å². The molecule has 0 amide bonds. The second-order valence-corrected chi connectivity index (χ2v) is 11.7. The molecule has 0 aliphatic heterocycles. The van der Waals surface area contributed by atoms with E-state index in [1.807, 2.05) is 115 Å². The van der Waals surface area contributed by atoms with Crippen molar-refractivity contribution in [1.82, 2.24) is 15.0 Å². The lowest BCUT2D eigenvalue weighted by atomic mass is 9.91. The van der Waals surface area contributed by atoms with Gasteiger partial charge in [0.1, 0.15) is 0 Å². The standard InChI is InChI=1S/C45H29N3/c1-3-14-30(15-4-1)36-26-27-37(40-24-10-9-23-39(36)40)32-19-13-20-34(28-32)44-46-43(31-16-5-2-6-17-31)47-45(48-44)42-29-33-18-7-8-21-35(33)38-22-11-12-25-41(38)42/h1-29H/i13D,19D,20D,28D. The summed E-state index contributed by atoms with van der Waals surface area (Å²) in [6, 6.07) is 49.1. The normalized spacial score (nSPS) is 12.5. The van der Waals surface area contributed by atoms with Gasteiger partial charge in [0.15, 0.2) is 17.5 Å². The lowest BCUT2D eigenvalue weighted by Crippen LogP contribution is -2.01. The van der Waals surface area contributed by atoms with Gasteiger partial charge in [-0.05, 0) is 66.7 Å². The molecule has 0 fully saturated rings. The van der Waals surface area contributed by atoms with Crippen LogP contribution in [0.15, 0.2) is 176 Å². The van der Waals surface area contributed by atoms with Gasteiger partial charge in [0.05, 0.1) is 5.48 Å². The van der Waals surface area contributed by atoms with E-state index in [1.165, 1.54) is 0 Å². The number of aromatic nitrogens is 3. The molecule has 1 heterocycles. The smallest absolute Gasteiger partial charge is 0.164 e. The summed E-state index contributed by atoms with van der Waals surface area (Å²) < 4.78 is 36.9. The van der Waals surface area contributed by atoms with Crippen molar-refractivity contribution < 1.29 is 5.48 Å². The highest BCUT2D eigenvalue weighted by Crippen LogP contribution is 2.38. The van der Waals surface area contributed by atoms with E-state index in [1.54, 1.807) is 0 Å². The van der Waals surface area contributed by atoms with Crippen LogP contribution in [-0.2, 0) is 0 Å². The molecule has 9 rings (SSSR count). The Morgan fingerprint density at radius 1 is 0.354 bits per heavy atom. The molecule has 0 spiro atoms. The van der Waals surface area contributed by atoms with Crippen molar-refractivity contribution in [2.45, 2.75) is 0 Å². The zero-order valence-electron chi connectivity index (χ0n) is 29.8. The van der Waals surface area contributed by atoms with Gasteiger partial charge in [0, 0.05) is 16.7 Å². The van der Waals surface area contributed by atoms with E-state index in [-0.39, 0.29) is 41.1 Å². The first-order valence-corrected chi connectivity index (χ1v) is 15.9. The predicted molar refractivity (Wildman–Crippen MR) is 200 cm³/mol. The highest BCUT2D eigenvalue weighted by Gasteiger charge is 2.17. The fraction of sp³-hybridized carbons (Fsp3) is 0. The molecule has 1 aromatic heterocycles. The summed E-state index contributed by atoms with van der Waals surface area (Å²) in [5, 5.41) is 5.97. The highest BCUT2D eigenvalue weighted by atomic mass is 15.0. The Labute approximate surface area is 284 Å². The number of fused-ring (bicyclic) bond motifs is 4. The lowest BCUT2D eigenvalue weighted by Gasteiger charge is -2.14. The first-order chi connectivity index (χ1) is 25.5. The molecule has 48 heavy (non-hydrogen) atoms. The number of hydrogen-bond acceptors (Lipinski definition) is 3. The van der Waals surface area contributed by atoms with Crippen LogP contribution in [0.5, 0.6) is 0 Å². The third kappa shape index (κ3) is 4.90. The number of nitrogens with zero attached hydrogens (tertiary/aromatic N) is 3. The van der Waals surface area contributed by atoms with Crippen molar-refractivity contribution in [2.24, 2.45) is 0 Å². The minimum Gasteiger partial charge on any atom is -0.208 e. The van der Waals surface area contributed by atoms with E-state index in [2.05, 4.69) is 36.4 Å². The highest BCUT2D eigenvalue weighted by molar-refractivity contribution is 6.13. The maximum atomic E-state index is 9.66. The Hall–Kier alpha value is -6.45. The van der Waals surface area contributed by atoms with E-state index in [4.69, 9.17) is 19.1 Å². The zero-order chi connectivity index (χ0) is 35.3. The van der Waals surface area contributed by atoms with Crippen LogP contribution < -0.4 is 0 Å². The molecule has 9 aromatic rings. The van der Waals surface area contributed by atoms with Crippen molar-refractivity contribution in [3.05, 3.63) is 176 Å². The molecule has 3 nitrogen and oxygen atoms in total. The van der Waals surface area contributed by atoms with Crippen LogP contribution in [-0.4, -0.2) is 15.0 Å². The lowest BCUT2D eigenvalue weighted by molar-refractivity contribution is 1.08. The first-order valence-electron chi connectivity index (χ1n) is 17.9. The zero-order valence-corrected chi connectivity index (χ0v) is 25.8. The molecule has 0 aliphatic rings. The summed E-state index contributed by atoms with van der Waals surface area (Å²) in [4.78, 5) is 14.9. The van der Waals surface area contributed by atoms with Crippen LogP contribution in [0.3, 0.4) is 0 Å². The number of benzene rings is 8. The maximum Gasteiger partial charge on any atom is 0.164 e. The minimum absolute atomic E-state index is 0.0804. The first kappa shape index (κ1) is 23.8. The molecule has 8 aromatic carbocycles. The van der Waals surface area contributed by atoms with Gasteiger partial charge in [-0.25, -0.2) is 15.0 Å². The Kier molecular flexibility index (Phi) is 5.82. The van der Waals surface area contributed by atoms with Gasteiger partial charge in [-0.3, -0.25) is 0 Å². The molecule has 3 heteroatoms. The molecule has 0 saturated heterocycles. The quantitative estimate of drug-likeness (QED) is 0.181. The van der Waals surface area contributed by atoms with Crippen LogP contribution in [0.4, 0.5) is 0 Å².